The molecule has 2 aliphatic heterocycles. The van der Waals surface area contributed by atoms with Crippen molar-refractivity contribution < 1.29 is 4.58 Å². The molecule has 0 aliphatic carbocycles. The molecule has 1 aromatic rings. The molecule has 0 aromatic heterocycles. The number of rotatable bonds is 0. The summed E-state index contributed by atoms with van der Waals surface area (Å²) in [6.45, 7) is 0. The zero-order chi connectivity index (χ0) is 9.38. The number of hydrogen-bond donors (Lipinski definition) is 0. The van der Waals surface area contributed by atoms with E-state index in [-0.39, 0.29) is 0 Å². The van der Waals surface area contributed by atoms with E-state index in [0.29, 0.717) is 6.04 Å². The van der Waals surface area contributed by atoms with Crippen LogP contribution in [0, 0.1) is 0 Å². The summed E-state index contributed by atoms with van der Waals surface area (Å²) in [5, 5.41) is 0. The highest BCUT2D eigenvalue weighted by Gasteiger charge is 2.27. The van der Waals surface area contributed by atoms with Gasteiger partial charge in [0.25, 0.3) is 0 Å². The van der Waals surface area contributed by atoms with Crippen LogP contribution in [-0.4, -0.2) is 16.8 Å². The Hall–Kier alpha value is -1.37. The lowest BCUT2D eigenvalue weighted by Gasteiger charge is -2.20. The van der Waals surface area contributed by atoms with Crippen LogP contribution < -0.4 is 0 Å². The van der Waals surface area contributed by atoms with Gasteiger partial charge in [-0.05, 0) is 24.6 Å². The molecule has 1 nitrogen and oxygen atoms in total. The number of fused-ring (bicyclic) bond motifs is 3. The van der Waals surface area contributed by atoms with Crippen LogP contribution in [0.2, 0.25) is 0 Å². The first-order valence-electron chi connectivity index (χ1n) is 5.34. The van der Waals surface area contributed by atoms with Crippen LogP contribution in [0.25, 0.3) is 6.08 Å². The van der Waals surface area contributed by atoms with Gasteiger partial charge in [-0.2, -0.15) is 4.58 Å². The van der Waals surface area contributed by atoms with Gasteiger partial charge in [0.2, 0.25) is 5.69 Å². The molecule has 0 saturated carbocycles. The molecule has 1 heteroatoms. The van der Waals surface area contributed by atoms with Gasteiger partial charge < -0.3 is 0 Å². The van der Waals surface area contributed by atoms with Gasteiger partial charge in [0.1, 0.15) is 6.21 Å². The van der Waals surface area contributed by atoms with Crippen LogP contribution in [0.5, 0.6) is 0 Å². The Balaban J connectivity index is 2.17. The highest BCUT2D eigenvalue weighted by molar-refractivity contribution is 5.66. The summed E-state index contributed by atoms with van der Waals surface area (Å²) < 4.78 is 2.43. The minimum absolute atomic E-state index is 0.610. The molecule has 0 radical (unpaired) electrons. The molecule has 2 aliphatic rings. The average Bonchev–Trinajstić information content (AvgIpc) is 2.29. The molecule has 3 rings (SSSR count). The quantitative estimate of drug-likeness (QED) is 0.545. The van der Waals surface area contributed by atoms with Crippen molar-refractivity contribution in [1.29, 1.82) is 0 Å². The lowest BCUT2D eigenvalue weighted by molar-refractivity contribution is -0.474. The summed E-state index contributed by atoms with van der Waals surface area (Å²) >= 11 is 0. The van der Waals surface area contributed by atoms with E-state index in [0.717, 1.165) is 0 Å². The van der Waals surface area contributed by atoms with E-state index >= 15 is 0 Å². The van der Waals surface area contributed by atoms with Crippen LogP contribution in [0.4, 0.5) is 5.69 Å². The predicted molar refractivity (Wildman–Crippen MR) is 59.1 cm³/mol. The zero-order valence-electron chi connectivity index (χ0n) is 8.19. The Morgan fingerprint density at radius 3 is 3.14 bits per heavy atom. The second kappa shape index (κ2) is 3.09. The van der Waals surface area contributed by atoms with Gasteiger partial charge in [-0.15, -0.1) is 0 Å². The lowest BCUT2D eigenvalue weighted by Crippen LogP contribution is -2.27. The van der Waals surface area contributed by atoms with Gasteiger partial charge in [-0.1, -0.05) is 12.1 Å². The Morgan fingerprint density at radius 1 is 1.21 bits per heavy atom. The van der Waals surface area contributed by atoms with Gasteiger partial charge in [-0.25, -0.2) is 0 Å². The molecule has 1 atom stereocenters. The van der Waals surface area contributed by atoms with E-state index in [1.807, 2.05) is 0 Å². The van der Waals surface area contributed by atoms with E-state index in [1.54, 1.807) is 0 Å². The third-order valence-corrected chi connectivity index (χ3v) is 3.10. The van der Waals surface area contributed by atoms with E-state index in [4.69, 9.17) is 0 Å². The summed E-state index contributed by atoms with van der Waals surface area (Å²) in [5.74, 6) is 0. The van der Waals surface area contributed by atoms with Crippen molar-refractivity contribution in [3.63, 3.8) is 0 Å². The largest absolute Gasteiger partial charge is 0.212 e. The molecule has 0 fully saturated rings. The van der Waals surface area contributed by atoms with Crippen LogP contribution >= 0.6 is 0 Å². The van der Waals surface area contributed by atoms with Crippen molar-refractivity contribution in [2.45, 2.75) is 25.3 Å². The maximum absolute atomic E-state index is 2.43. The van der Waals surface area contributed by atoms with Crippen LogP contribution in [-0.2, 0) is 0 Å². The second-order valence-electron chi connectivity index (χ2n) is 4.01. The first-order chi connectivity index (χ1) is 6.95. The smallest absolute Gasteiger partial charge is 0.196 e. The van der Waals surface area contributed by atoms with Gasteiger partial charge in [0.15, 0.2) is 6.04 Å². The Kier molecular flexibility index (Phi) is 1.76. The fourth-order valence-corrected chi connectivity index (χ4v) is 2.38. The number of benzene rings is 1. The summed E-state index contributed by atoms with van der Waals surface area (Å²) in [5.41, 5.74) is 2.72. The Labute approximate surface area is 84.4 Å². The highest BCUT2D eigenvalue weighted by atomic mass is 15.0. The monoisotopic (exact) mass is 184 g/mol. The van der Waals surface area contributed by atoms with E-state index in [2.05, 4.69) is 47.2 Å². The van der Waals surface area contributed by atoms with Crippen molar-refractivity contribution in [2.75, 3.05) is 0 Å². The standard InChI is InChI=1S/C13H14N/c1-2-7-13-11(5-1)8-9-12-6-3-4-10-14(12)13/h1-2,5,7-10,12H,3-4,6H2/q+1. The first-order valence-corrected chi connectivity index (χ1v) is 5.34. The van der Waals surface area contributed by atoms with E-state index < -0.39 is 0 Å². The highest BCUT2D eigenvalue weighted by Crippen LogP contribution is 2.30. The molecular weight excluding hydrogens is 170 g/mol. The summed E-state index contributed by atoms with van der Waals surface area (Å²) in [6.07, 6.45) is 10.8. The van der Waals surface area contributed by atoms with Crippen molar-refractivity contribution in [3.8, 4) is 0 Å². The van der Waals surface area contributed by atoms with Gasteiger partial charge in [-0.3, -0.25) is 0 Å². The maximum atomic E-state index is 2.43. The van der Waals surface area contributed by atoms with Crippen LogP contribution in [0.1, 0.15) is 24.8 Å². The molecule has 2 heterocycles. The van der Waals surface area contributed by atoms with Crippen molar-refractivity contribution in [1.82, 2.24) is 0 Å². The lowest BCUT2D eigenvalue weighted by atomic mass is 9.98. The first kappa shape index (κ1) is 7.98. The number of para-hydroxylation sites is 1. The van der Waals surface area contributed by atoms with E-state index in [1.165, 1.54) is 30.5 Å². The van der Waals surface area contributed by atoms with Gasteiger partial charge >= 0.3 is 0 Å². The van der Waals surface area contributed by atoms with E-state index in [9.17, 15) is 0 Å². The summed E-state index contributed by atoms with van der Waals surface area (Å²) in [6, 6.07) is 9.24. The number of hydrogen-bond acceptors (Lipinski definition) is 0. The molecule has 1 unspecified atom stereocenters. The molecule has 0 saturated heterocycles. The topological polar surface area (TPSA) is 3.01 Å². The fraction of sp³-hybridized carbons (Fsp3) is 0.308. The molecule has 70 valence electrons. The molecule has 0 bridgehead atoms. The Morgan fingerprint density at radius 2 is 2.14 bits per heavy atom. The molecular formula is C13H14N+. The molecule has 0 spiro atoms. The maximum Gasteiger partial charge on any atom is 0.212 e. The molecule has 0 N–H and O–H groups in total. The third kappa shape index (κ3) is 1.12. The normalized spacial score (nSPS) is 23.7. The number of nitrogens with zero attached hydrogens (tertiary/aromatic N) is 1. The SMILES string of the molecule is C1=CC2CCCC=[N+]2c2ccccc21. The Bertz CT molecular complexity index is 415. The zero-order valence-corrected chi connectivity index (χ0v) is 8.19. The van der Waals surface area contributed by atoms with Gasteiger partial charge in [0, 0.05) is 24.5 Å². The second-order valence-corrected chi connectivity index (χ2v) is 4.01. The van der Waals surface area contributed by atoms with Crippen molar-refractivity contribution in [3.05, 3.63) is 35.9 Å². The molecule has 14 heavy (non-hydrogen) atoms. The summed E-state index contributed by atoms with van der Waals surface area (Å²) in [4.78, 5) is 0. The van der Waals surface area contributed by atoms with Gasteiger partial charge in [0.05, 0.1) is 0 Å². The molecule has 0 amide bonds. The van der Waals surface area contributed by atoms with Crippen molar-refractivity contribution >= 4 is 18.0 Å². The minimum atomic E-state index is 0.610. The third-order valence-electron chi connectivity index (χ3n) is 3.10. The van der Waals surface area contributed by atoms with Crippen molar-refractivity contribution in [2.24, 2.45) is 0 Å². The predicted octanol–water partition coefficient (Wildman–Crippen LogP) is 2.98. The molecule has 1 aromatic carbocycles. The fourth-order valence-electron chi connectivity index (χ4n) is 2.38. The minimum Gasteiger partial charge on any atom is -0.196 e. The van der Waals surface area contributed by atoms with Crippen LogP contribution in [0.15, 0.2) is 30.3 Å². The average molecular weight is 184 g/mol. The van der Waals surface area contributed by atoms with Crippen LogP contribution in [0.3, 0.4) is 0 Å². The summed E-state index contributed by atoms with van der Waals surface area (Å²) in [7, 11) is 0.